The number of anilines is 2. The molecule has 1 aliphatic carbocycles. The number of hydrogen-bond donors (Lipinski definition) is 2. The smallest absolute Gasteiger partial charge is 0.181 e. The standard InChI is InChI=1S/C18H20Cl2FN7/c1-9(2)16-23-17(26-25-16)13-7-14-18(27-24-13)22-5-6-28(14)8-10-11(19)3-4-12(21)15(10)20/h3,7,9,12H,4-6,8H2,1-2H3,(H,22,27)(H,23,25,26). The van der Waals surface area contributed by atoms with Gasteiger partial charge in [-0.3, -0.25) is 0 Å². The summed E-state index contributed by atoms with van der Waals surface area (Å²) in [6, 6.07) is 1.89. The van der Waals surface area contributed by atoms with E-state index in [1.165, 1.54) is 0 Å². The van der Waals surface area contributed by atoms with Crippen molar-refractivity contribution in [3.05, 3.63) is 33.6 Å². The Morgan fingerprint density at radius 1 is 1.25 bits per heavy atom. The van der Waals surface area contributed by atoms with Crippen LogP contribution in [0.2, 0.25) is 0 Å². The van der Waals surface area contributed by atoms with Gasteiger partial charge in [0.1, 0.15) is 17.7 Å². The molecule has 4 rings (SSSR count). The number of alkyl halides is 1. The Morgan fingerprint density at radius 2 is 2.07 bits per heavy atom. The summed E-state index contributed by atoms with van der Waals surface area (Å²) in [5.41, 5.74) is 2.02. The average Bonchev–Trinajstić information content (AvgIpc) is 3.18. The first kappa shape index (κ1) is 19.1. The lowest BCUT2D eigenvalue weighted by Crippen LogP contribution is -2.36. The van der Waals surface area contributed by atoms with Crippen LogP contribution in [0.1, 0.15) is 32.0 Å². The second kappa shape index (κ2) is 7.67. The summed E-state index contributed by atoms with van der Waals surface area (Å²) in [5.74, 6) is 2.23. The average molecular weight is 424 g/mol. The van der Waals surface area contributed by atoms with Gasteiger partial charge >= 0.3 is 0 Å². The Bertz CT molecular complexity index is 953. The molecule has 10 heteroatoms. The molecule has 0 spiro atoms. The Balaban J connectivity index is 1.66. The molecule has 2 aromatic rings. The third kappa shape index (κ3) is 3.58. The second-order valence-electron chi connectivity index (χ2n) is 7.11. The van der Waals surface area contributed by atoms with Crippen LogP contribution in [-0.2, 0) is 0 Å². The zero-order valence-corrected chi connectivity index (χ0v) is 17.0. The molecule has 0 fully saturated rings. The molecule has 1 unspecified atom stereocenters. The van der Waals surface area contributed by atoms with E-state index in [1.54, 1.807) is 6.08 Å². The van der Waals surface area contributed by atoms with Crippen LogP contribution >= 0.6 is 23.2 Å². The van der Waals surface area contributed by atoms with Gasteiger partial charge in [0, 0.05) is 42.6 Å². The van der Waals surface area contributed by atoms with Gasteiger partial charge in [-0.25, -0.2) is 4.39 Å². The minimum Gasteiger partial charge on any atom is -0.365 e. The van der Waals surface area contributed by atoms with Crippen LogP contribution < -0.4 is 10.2 Å². The SMILES string of the molecule is CC(C)c1nnc(-c2cc3c(nn2)NCCN3CC2=C(Cl)C(F)CC=C2Cl)[nH]1. The van der Waals surface area contributed by atoms with Crippen molar-refractivity contribution in [2.24, 2.45) is 0 Å². The second-order valence-corrected chi connectivity index (χ2v) is 7.92. The first-order chi connectivity index (χ1) is 13.4. The van der Waals surface area contributed by atoms with Crippen LogP contribution in [0.3, 0.4) is 0 Å². The maximum atomic E-state index is 14.0. The molecule has 0 bridgehead atoms. The molecule has 1 atom stereocenters. The van der Waals surface area contributed by atoms with Gasteiger partial charge in [0.15, 0.2) is 11.6 Å². The number of allylic oxidation sites excluding steroid dienone is 2. The van der Waals surface area contributed by atoms with Crippen LogP contribution in [0.15, 0.2) is 27.8 Å². The van der Waals surface area contributed by atoms with Gasteiger partial charge < -0.3 is 15.2 Å². The summed E-state index contributed by atoms with van der Waals surface area (Å²) in [7, 11) is 0. The van der Waals surface area contributed by atoms with E-state index in [0.29, 0.717) is 47.6 Å². The molecule has 1 aliphatic heterocycles. The number of nitrogens with zero attached hydrogens (tertiary/aromatic N) is 5. The molecule has 0 amide bonds. The van der Waals surface area contributed by atoms with Crippen molar-refractivity contribution in [3.63, 3.8) is 0 Å². The molecule has 2 aliphatic rings. The highest BCUT2D eigenvalue weighted by molar-refractivity contribution is 6.36. The fourth-order valence-electron chi connectivity index (χ4n) is 3.19. The summed E-state index contributed by atoms with van der Waals surface area (Å²) >= 11 is 12.5. The zero-order valence-electron chi connectivity index (χ0n) is 15.5. The normalized spacial score (nSPS) is 19.6. The van der Waals surface area contributed by atoms with Crippen molar-refractivity contribution in [2.45, 2.75) is 32.4 Å². The van der Waals surface area contributed by atoms with Crippen LogP contribution in [0.5, 0.6) is 0 Å². The topological polar surface area (TPSA) is 82.6 Å². The van der Waals surface area contributed by atoms with Gasteiger partial charge in [-0.1, -0.05) is 43.1 Å². The molecule has 28 heavy (non-hydrogen) atoms. The molecule has 3 heterocycles. The van der Waals surface area contributed by atoms with Gasteiger partial charge in [-0.05, 0) is 6.07 Å². The fraction of sp³-hybridized carbons (Fsp3) is 0.444. The Morgan fingerprint density at radius 3 is 2.82 bits per heavy atom. The van der Waals surface area contributed by atoms with E-state index in [1.807, 2.05) is 19.9 Å². The summed E-state index contributed by atoms with van der Waals surface area (Å²) < 4.78 is 14.0. The molecule has 0 aromatic carbocycles. The lowest BCUT2D eigenvalue weighted by atomic mass is 10.0. The van der Waals surface area contributed by atoms with Crippen molar-refractivity contribution in [3.8, 4) is 11.5 Å². The fourth-order valence-corrected chi connectivity index (χ4v) is 3.74. The quantitative estimate of drug-likeness (QED) is 0.773. The van der Waals surface area contributed by atoms with E-state index < -0.39 is 6.17 Å². The van der Waals surface area contributed by atoms with E-state index in [-0.39, 0.29) is 17.4 Å². The molecular weight excluding hydrogens is 404 g/mol. The van der Waals surface area contributed by atoms with E-state index in [9.17, 15) is 4.39 Å². The summed E-state index contributed by atoms with van der Waals surface area (Å²) in [4.78, 5) is 5.24. The minimum atomic E-state index is -1.21. The maximum absolute atomic E-state index is 14.0. The summed E-state index contributed by atoms with van der Waals surface area (Å²) in [5, 5.41) is 20.8. The number of aromatic amines is 1. The number of fused-ring (bicyclic) bond motifs is 1. The molecule has 0 saturated carbocycles. The van der Waals surface area contributed by atoms with Crippen molar-refractivity contribution < 1.29 is 4.39 Å². The van der Waals surface area contributed by atoms with E-state index in [4.69, 9.17) is 23.2 Å². The highest BCUT2D eigenvalue weighted by Crippen LogP contribution is 2.36. The largest absolute Gasteiger partial charge is 0.365 e. The highest BCUT2D eigenvalue weighted by atomic mass is 35.5. The van der Waals surface area contributed by atoms with Crippen LogP contribution in [0, 0.1) is 0 Å². The lowest BCUT2D eigenvalue weighted by molar-refractivity contribution is 0.392. The van der Waals surface area contributed by atoms with E-state index >= 15 is 0 Å². The van der Waals surface area contributed by atoms with E-state index in [2.05, 4.69) is 35.6 Å². The summed E-state index contributed by atoms with van der Waals surface area (Å²) in [6.45, 7) is 5.84. The maximum Gasteiger partial charge on any atom is 0.181 e. The van der Waals surface area contributed by atoms with Gasteiger partial charge in [-0.2, -0.15) is 0 Å². The third-order valence-corrected chi connectivity index (χ3v) is 5.63. The number of H-pyrrole nitrogens is 1. The van der Waals surface area contributed by atoms with Crippen LogP contribution in [0.4, 0.5) is 15.9 Å². The Hall–Kier alpha value is -2.19. The predicted molar refractivity (Wildman–Crippen MR) is 109 cm³/mol. The number of nitrogens with one attached hydrogen (secondary N) is 2. The van der Waals surface area contributed by atoms with E-state index in [0.717, 1.165) is 11.5 Å². The minimum absolute atomic E-state index is 0.173. The lowest BCUT2D eigenvalue weighted by Gasteiger charge is -2.33. The molecule has 148 valence electrons. The molecule has 2 N–H and O–H groups in total. The zero-order chi connectivity index (χ0) is 19.8. The number of halogens is 3. The van der Waals surface area contributed by atoms with Gasteiger partial charge in [0.25, 0.3) is 0 Å². The highest BCUT2D eigenvalue weighted by Gasteiger charge is 2.27. The molecule has 2 aromatic heterocycles. The van der Waals surface area contributed by atoms with Crippen molar-refractivity contribution in [1.82, 2.24) is 25.4 Å². The van der Waals surface area contributed by atoms with Gasteiger partial charge in [0.05, 0.1) is 10.7 Å². The number of rotatable bonds is 4. The number of hydrogen-bond acceptors (Lipinski definition) is 6. The molecule has 7 nitrogen and oxygen atoms in total. The Kier molecular flexibility index (Phi) is 5.25. The first-order valence-electron chi connectivity index (χ1n) is 9.12. The van der Waals surface area contributed by atoms with Gasteiger partial charge in [0.2, 0.25) is 0 Å². The molecule has 0 saturated heterocycles. The molecule has 0 radical (unpaired) electrons. The number of aromatic nitrogens is 5. The summed E-state index contributed by atoms with van der Waals surface area (Å²) in [6.07, 6.45) is 0.671. The third-order valence-electron chi connectivity index (χ3n) is 4.79. The molecular formula is C18H20Cl2FN7. The monoisotopic (exact) mass is 423 g/mol. The van der Waals surface area contributed by atoms with Crippen LogP contribution in [-0.4, -0.2) is 51.2 Å². The van der Waals surface area contributed by atoms with Crippen molar-refractivity contribution in [1.29, 1.82) is 0 Å². The van der Waals surface area contributed by atoms with Crippen molar-refractivity contribution >= 4 is 34.7 Å². The Labute approximate surface area is 172 Å². The predicted octanol–water partition coefficient (Wildman–Crippen LogP) is 3.97. The van der Waals surface area contributed by atoms with Crippen LogP contribution in [0.25, 0.3) is 11.5 Å². The van der Waals surface area contributed by atoms with Crippen molar-refractivity contribution in [2.75, 3.05) is 29.9 Å². The van der Waals surface area contributed by atoms with Gasteiger partial charge in [-0.15, -0.1) is 20.4 Å². The first-order valence-corrected chi connectivity index (χ1v) is 9.87.